The average Bonchev–Trinajstić information content (AvgIpc) is 2.52. The zero-order valence-corrected chi connectivity index (χ0v) is 15.3. The maximum atomic E-state index is 10.6. The van der Waals surface area contributed by atoms with E-state index < -0.39 is 0 Å². The lowest BCUT2D eigenvalue weighted by atomic mass is 9.68. The molecular weight excluding hydrogens is 272 g/mol. The van der Waals surface area contributed by atoms with Gasteiger partial charge in [-0.05, 0) is 87.4 Å². The van der Waals surface area contributed by atoms with E-state index >= 15 is 0 Å². The van der Waals surface area contributed by atoms with Gasteiger partial charge in [-0.15, -0.1) is 0 Å². The van der Waals surface area contributed by atoms with E-state index in [4.69, 9.17) is 4.74 Å². The van der Waals surface area contributed by atoms with Crippen LogP contribution in [-0.2, 0) is 4.74 Å². The molecule has 2 saturated carbocycles. The van der Waals surface area contributed by atoms with Gasteiger partial charge in [-0.25, -0.2) is 0 Å². The van der Waals surface area contributed by atoms with Crippen molar-refractivity contribution in [3.63, 3.8) is 0 Å². The molecule has 2 fully saturated rings. The molecule has 0 aromatic rings. The quantitative estimate of drug-likeness (QED) is 0.757. The zero-order chi connectivity index (χ0) is 16.2. The minimum absolute atomic E-state index is 0.0546. The summed E-state index contributed by atoms with van der Waals surface area (Å²) in [7, 11) is 1.84. The largest absolute Gasteiger partial charge is 0.393 e. The smallest absolute Gasteiger partial charge is 0.0571 e. The fraction of sp³-hybridized carbons (Fsp3) is 1.00. The van der Waals surface area contributed by atoms with E-state index in [1.54, 1.807) is 0 Å². The van der Waals surface area contributed by atoms with Crippen LogP contribution in [0.5, 0.6) is 0 Å². The molecule has 0 aromatic heterocycles. The molecule has 0 aromatic carbocycles. The number of aliphatic hydroxyl groups is 1. The highest BCUT2D eigenvalue weighted by Crippen LogP contribution is 2.41. The van der Waals surface area contributed by atoms with Crippen molar-refractivity contribution in [1.29, 1.82) is 0 Å². The van der Waals surface area contributed by atoms with E-state index in [0.717, 1.165) is 18.3 Å². The van der Waals surface area contributed by atoms with E-state index in [1.165, 1.54) is 57.8 Å². The summed E-state index contributed by atoms with van der Waals surface area (Å²) in [6.45, 7) is 7.10. The summed E-state index contributed by atoms with van der Waals surface area (Å²) in [5, 5.41) is 10.6. The molecule has 1 N–H and O–H groups in total. The number of ether oxygens (including phenoxy) is 1. The van der Waals surface area contributed by atoms with Gasteiger partial charge in [0.05, 0.1) is 12.2 Å². The van der Waals surface area contributed by atoms with Gasteiger partial charge < -0.3 is 9.84 Å². The Kier molecular flexibility index (Phi) is 6.76. The molecule has 0 amide bonds. The SMILES string of the molecule is COC1CCC(CCC(O)C2CCC(C(C)(C)C)CC2)CC1. The number of rotatable bonds is 5. The first kappa shape index (κ1) is 18.3. The molecule has 2 heteroatoms. The van der Waals surface area contributed by atoms with E-state index in [-0.39, 0.29) is 6.10 Å². The van der Waals surface area contributed by atoms with E-state index in [2.05, 4.69) is 20.8 Å². The lowest BCUT2D eigenvalue weighted by Crippen LogP contribution is -2.31. The molecule has 2 nitrogen and oxygen atoms in total. The van der Waals surface area contributed by atoms with Gasteiger partial charge in [-0.1, -0.05) is 20.8 Å². The molecule has 0 radical (unpaired) electrons. The van der Waals surface area contributed by atoms with Gasteiger partial charge in [-0.3, -0.25) is 0 Å². The minimum Gasteiger partial charge on any atom is -0.393 e. The maximum Gasteiger partial charge on any atom is 0.0571 e. The van der Waals surface area contributed by atoms with Gasteiger partial charge in [0.1, 0.15) is 0 Å². The lowest BCUT2D eigenvalue weighted by molar-refractivity contribution is 0.0331. The van der Waals surface area contributed by atoms with E-state index in [0.29, 0.717) is 17.4 Å². The van der Waals surface area contributed by atoms with Gasteiger partial charge in [0.25, 0.3) is 0 Å². The first-order valence-corrected chi connectivity index (χ1v) is 9.61. The Morgan fingerprint density at radius 1 is 0.955 bits per heavy atom. The fourth-order valence-corrected chi connectivity index (χ4v) is 4.67. The molecule has 0 heterocycles. The molecule has 130 valence electrons. The van der Waals surface area contributed by atoms with Crippen molar-refractivity contribution in [2.24, 2.45) is 23.2 Å². The molecule has 0 saturated heterocycles. The van der Waals surface area contributed by atoms with Crippen LogP contribution in [-0.4, -0.2) is 24.4 Å². The van der Waals surface area contributed by atoms with E-state index in [1.807, 2.05) is 7.11 Å². The van der Waals surface area contributed by atoms with E-state index in [9.17, 15) is 5.11 Å². The second kappa shape index (κ2) is 8.15. The van der Waals surface area contributed by atoms with Crippen molar-refractivity contribution >= 4 is 0 Å². The first-order chi connectivity index (χ1) is 10.4. The molecular formula is C20H38O2. The predicted octanol–water partition coefficient (Wildman–Crippen LogP) is 5.19. The van der Waals surface area contributed by atoms with Crippen LogP contribution in [0.25, 0.3) is 0 Å². The van der Waals surface area contributed by atoms with Crippen molar-refractivity contribution in [1.82, 2.24) is 0 Å². The predicted molar refractivity (Wildman–Crippen MR) is 92.9 cm³/mol. The van der Waals surface area contributed by atoms with Gasteiger partial charge in [0.15, 0.2) is 0 Å². The number of hydrogen-bond donors (Lipinski definition) is 1. The number of aliphatic hydroxyl groups excluding tert-OH is 1. The van der Waals surface area contributed by atoms with Crippen molar-refractivity contribution in [3.8, 4) is 0 Å². The average molecular weight is 311 g/mol. The summed E-state index contributed by atoms with van der Waals surface area (Å²) in [6.07, 6.45) is 12.8. The highest BCUT2D eigenvalue weighted by Gasteiger charge is 2.32. The standard InChI is InChI=1S/C20H38O2/c1-20(2,3)17-10-8-16(9-11-17)19(21)14-7-15-5-12-18(22-4)13-6-15/h15-19,21H,5-14H2,1-4H3. The number of methoxy groups -OCH3 is 1. The summed E-state index contributed by atoms with van der Waals surface area (Å²) in [6, 6.07) is 0. The Labute approximate surface area is 138 Å². The highest BCUT2D eigenvalue weighted by molar-refractivity contribution is 4.83. The monoisotopic (exact) mass is 310 g/mol. The Morgan fingerprint density at radius 2 is 1.55 bits per heavy atom. The normalized spacial score (nSPS) is 35.3. The third-order valence-electron chi connectivity index (χ3n) is 6.54. The van der Waals surface area contributed by atoms with Gasteiger partial charge in [0.2, 0.25) is 0 Å². The molecule has 0 bridgehead atoms. The van der Waals surface area contributed by atoms with Crippen molar-refractivity contribution in [2.75, 3.05) is 7.11 Å². The lowest BCUT2D eigenvalue weighted by Gasteiger charge is -2.38. The van der Waals surface area contributed by atoms with Crippen molar-refractivity contribution in [2.45, 2.75) is 97.2 Å². The molecule has 2 aliphatic rings. The molecule has 2 rings (SSSR count). The Balaban J connectivity index is 1.65. The molecule has 22 heavy (non-hydrogen) atoms. The summed E-state index contributed by atoms with van der Waals surface area (Å²) < 4.78 is 5.45. The first-order valence-electron chi connectivity index (χ1n) is 9.61. The summed E-state index contributed by atoms with van der Waals surface area (Å²) in [4.78, 5) is 0. The van der Waals surface area contributed by atoms with Crippen LogP contribution in [0.4, 0.5) is 0 Å². The maximum absolute atomic E-state index is 10.6. The fourth-order valence-electron chi connectivity index (χ4n) is 4.67. The van der Waals surface area contributed by atoms with Crippen molar-refractivity contribution < 1.29 is 9.84 Å². The van der Waals surface area contributed by atoms with Gasteiger partial charge >= 0.3 is 0 Å². The van der Waals surface area contributed by atoms with Crippen LogP contribution in [0.2, 0.25) is 0 Å². The van der Waals surface area contributed by atoms with Crippen LogP contribution >= 0.6 is 0 Å². The molecule has 0 aliphatic heterocycles. The van der Waals surface area contributed by atoms with Crippen LogP contribution in [0.1, 0.15) is 85.0 Å². The number of hydrogen-bond acceptors (Lipinski definition) is 2. The molecule has 1 unspecified atom stereocenters. The third-order valence-corrected chi connectivity index (χ3v) is 6.54. The van der Waals surface area contributed by atoms with Gasteiger partial charge in [0, 0.05) is 7.11 Å². The molecule has 2 aliphatic carbocycles. The van der Waals surface area contributed by atoms with Gasteiger partial charge in [-0.2, -0.15) is 0 Å². The van der Waals surface area contributed by atoms with Crippen LogP contribution in [0.15, 0.2) is 0 Å². The third kappa shape index (κ3) is 5.23. The Hall–Kier alpha value is -0.0800. The molecule has 1 atom stereocenters. The highest BCUT2D eigenvalue weighted by atomic mass is 16.5. The summed E-state index contributed by atoms with van der Waals surface area (Å²) in [5.41, 5.74) is 0.440. The van der Waals surface area contributed by atoms with Crippen LogP contribution in [0.3, 0.4) is 0 Å². The van der Waals surface area contributed by atoms with Crippen LogP contribution in [0, 0.1) is 23.2 Å². The molecule has 0 spiro atoms. The van der Waals surface area contributed by atoms with Crippen molar-refractivity contribution in [3.05, 3.63) is 0 Å². The summed E-state index contributed by atoms with van der Waals surface area (Å²) >= 11 is 0. The second-order valence-corrected chi connectivity index (χ2v) is 9.00. The topological polar surface area (TPSA) is 29.5 Å². The minimum atomic E-state index is -0.0546. The Bertz CT molecular complexity index is 304. The summed E-state index contributed by atoms with van der Waals surface area (Å²) in [5.74, 6) is 2.24. The second-order valence-electron chi connectivity index (χ2n) is 9.00. The Morgan fingerprint density at radius 3 is 2.05 bits per heavy atom. The zero-order valence-electron chi connectivity index (χ0n) is 15.3. The van der Waals surface area contributed by atoms with Crippen LogP contribution < -0.4 is 0 Å².